The number of anilines is 1. The molecule has 0 aliphatic carbocycles. The first-order chi connectivity index (χ1) is 8.14. The van der Waals surface area contributed by atoms with Gasteiger partial charge < -0.3 is 10.8 Å². The molecule has 0 saturated carbocycles. The lowest BCUT2D eigenvalue weighted by molar-refractivity contribution is -0.228. The molecule has 0 heterocycles. The van der Waals surface area contributed by atoms with Crippen LogP contribution in [0.3, 0.4) is 0 Å². The lowest BCUT2D eigenvalue weighted by atomic mass is 9.89. The van der Waals surface area contributed by atoms with E-state index in [1.165, 1.54) is 6.07 Å². The molecule has 18 heavy (non-hydrogen) atoms. The highest BCUT2D eigenvalue weighted by atomic mass is 19.3. The average molecular weight is 269 g/mol. The number of hydrogen-bond acceptors (Lipinski definition) is 2. The summed E-state index contributed by atoms with van der Waals surface area (Å²) in [6, 6.07) is 3.39. The summed E-state index contributed by atoms with van der Waals surface area (Å²) in [6.07, 6.45) is -4.47. The zero-order valence-electron chi connectivity index (χ0n) is 8.71. The van der Waals surface area contributed by atoms with Crippen LogP contribution in [0.15, 0.2) is 24.3 Å². The SMILES string of the molecule is Nc1cccc(C(F)(C(=O)O)C(F)(F)C(F)F)c1. The molecular formula is C10H8F5NO2. The predicted octanol–water partition coefficient (Wildman–Crippen LogP) is 2.42. The molecule has 0 saturated heterocycles. The third-order valence-corrected chi connectivity index (χ3v) is 2.31. The van der Waals surface area contributed by atoms with Crippen molar-refractivity contribution in [2.75, 3.05) is 5.73 Å². The van der Waals surface area contributed by atoms with E-state index in [1.54, 1.807) is 0 Å². The molecule has 0 fully saturated rings. The van der Waals surface area contributed by atoms with Crippen molar-refractivity contribution in [3.63, 3.8) is 0 Å². The van der Waals surface area contributed by atoms with Gasteiger partial charge in [0.25, 0.3) is 5.67 Å². The summed E-state index contributed by atoms with van der Waals surface area (Å²) in [5.74, 6) is -8.09. The van der Waals surface area contributed by atoms with E-state index in [2.05, 4.69) is 0 Å². The number of nitrogens with two attached hydrogens (primary N) is 1. The van der Waals surface area contributed by atoms with Crippen LogP contribution in [0.4, 0.5) is 27.6 Å². The summed E-state index contributed by atoms with van der Waals surface area (Å²) in [7, 11) is 0. The number of nitrogen functional groups attached to an aromatic ring is 1. The Labute approximate surface area is 98.0 Å². The van der Waals surface area contributed by atoms with E-state index in [-0.39, 0.29) is 5.69 Å². The number of hydrogen-bond donors (Lipinski definition) is 2. The monoisotopic (exact) mass is 269 g/mol. The van der Waals surface area contributed by atoms with E-state index in [1.807, 2.05) is 0 Å². The van der Waals surface area contributed by atoms with Gasteiger partial charge >= 0.3 is 18.3 Å². The minimum absolute atomic E-state index is 0.221. The lowest BCUT2D eigenvalue weighted by Gasteiger charge is -2.29. The van der Waals surface area contributed by atoms with E-state index in [9.17, 15) is 26.7 Å². The number of benzene rings is 1. The predicted molar refractivity (Wildman–Crippen MR) is 52.2 cm³/mol. The van der Waals surface area contributed by atoms with E-state index >= 15 is 0 Å². The number of carboxylic acids is 1. The molecule has 0 aromatic heterocycles. The van der Waals surface area contributed by atoms with Gasteiger partial charge in [-0.15, -0.1) is 0 Å². The minimum atomic E-state index is -5.38. The van der Waals surface area contributed by atoms with Crippen molar-refractivity contribution < 1.29 is 31.9 Å². The van der Waals surface area contributed by atoms with Crippen molar-refractivity contribution in [3.05, 3.63) is 29.8 Å². The number of carboxylic acid groups (broad SMARTS) is 1. The van der Waals surface area contributed by atoms with Gasteiger partial charge in [-0.2, -0.15) is 8.78 Å². The maximum Gasteiger partial charge on any atom is 0.355 e. The quantitative estimate of drug-likeness (QED) is 0.651. The van der Waals surface area contributed by atoms with Crippen LogP contribution < -0.4 is 5.73 Å². The highest BCUT2D eigenvalue weighted by Crippen LogP contribution is 2.45. The fourth-order valence-corrected chi connectivity index (χ4v) is 1.36. The smallest absolute Gasteiger partial charge is 0.355 e. The van der Waals surface area contributed by atoms with Crippen LogP contribution in [0.5, 0.6) is 0 Å². The van der Waals surface area contributed by atoms with Crippen LogP contribution in [0, 0.1) is 0 Å². The molecule has 3 N–H and O–H groups in total. The van der Waals surface area contributed by atoms with Gasteiger partial charge in [-0.1, -0.05) is 12.1 Å². The zero-order chi connectivity index (χ0) is 14.1. The summed E-state index contributed by atoms with van der Waals surface area (Å²) < 4.78 is 64.5. The molecule has 100 valence electrons. The Morgan fingerprint density at radius 2 is 1.83 bits per heavy atom. The zero-order valence-corrected chi connectivity index (χ0v) is 8.71. The average Bonchev–Trinajstić information content (AvgIpc) is 2.27. The molecule has 1 unspecified atom stereocenters. The summed E-state index contributed by atoms with van der Waals surface area (Å²) in [5, 5.41) is 8.53. The Hall–Kier alpha value is -1.86. The number of alkyl halides is 5. The maximum atomic E-state index is 14.0. The second kappa shape index (κ2) is 4.43. The van der Waals surface area contributed by atoms with Crippen molar-refractivity contribution in [2.24, 2.45) is 0 Å². The molecule has 8 heteroatoms. The van der Waals surface area contributed by atoms with Crippen molar-refractivity contribution in [1.82, 2.24) is 0 Å². The normalized spacial score (nSPS) is 15.4. The van der Waals surface area contributed by atoms with Crippen LogP contribution in [0.25, 0.3) is 0 Å². The van der Waals surface area contributed by atoms with Crippen LogP contribution in [-0.2, 0) is 10.5 Å². The molecule has 1 aromatic rings. The third-order valence-electron chi connectivity index (χ3n) is 2.31. The topological polar surface area (TPSA) is 63.3 Å². The molecular weight excluding hydrogens is 261 g/mol. The molecule has 1 atom stereocenters. The molecule has 0 aliphatic heterocycles. The molecule has 1 aromatic carbocycles. The van der Waals surface area contributed by atoms with Gasteiger partial charge in [0.1, 0.15) is 0 Å². The summed E-state index contributed by atoms with van der Waals surface area (Å²) >= 11 is 0. The molecule has 3 nitrogen and oxygen atoms in total. The molecule has 0 bridgehead atoms. The van der Waals surface area contributed by atoms with E-state index in [4.69, 9.17) is 10.8 Å². The van der Waals surface area contributed by atoms with Gasteiger partial charge in [-0.25, -0.2) is 18.0 Å². The first-order valence-corrected chi connectivity index (χ1v) is 4.58. The Balaban J connectivity index is 3.46. The molecule has 0 radical (unpaired) electrons. The first kappa shape index (κ1) is 14.2. The number of aliphatic carboxylic acids is 1. The Kier molecular flexibility index (Phi) is 3.50. The minimum Gasteiger partial charge on any atom is -0.478 e. The summed E-state index contributed by atoms with van der Waals surface area (Å²) in [4.78, 5) is 10.7. The third kappa shape index (κ3) is 1.98. The van der Waals surface area contributed by atoms with E-state index in [0.717, 1.165) is 6.07 Å². The molecule has 0 aliphatic rings. The Morgan fingerprint density at radius 3 is 2.22 bits per heavy atom. The maximum absolute atomic E-state index is 14.0. The van der Waals surface area contributed by atoms with Crippen LogP contribution >= 0.6 is 0 Å². The van der Waals surface area contributed by atoms with Crippen molar-refractivity contribution >= 4 is 11.7 Å². The van der Waals surface area contributed by atoms with Crippen LogP contribution in [0.2, 0.25) is 0 Å². The van der Waals surface area contributed by atoms with Gasteiger partial charge in [-0.3, -0.25) is 0 Å². The van der Waals surface area contributed by atoms with Gasteiger partial charge in [0.15, 0.2) is 0 Å². The lowest BCUT2D eigenvalue weighted by Crippen LogP contribution is -2.52. The summed E-state index contributed by atoms with van der Waals surface area (Å²) in [6.45, 7) is 0. The fourth-order valence-electron chi connectivity index (χ4n) is 1.36. The van der Waals surface area contributed by atoms with Crippen LogP contribution in [-0.4, -0.2) is 23.4 Å². The van der Waals surface area contributed by atoms with E-state index < -0.39 is 29.5 Å². The standard InChI is InChI=1S/C10H8F5NO2/c11-7(12)10(14,15)9(13,8(17)18)5-2-1-3-6(16)4-5/h1-4,7H,16H2,(H,17,18). The van der Waals surface area contributed by atoms with Gasteiger partial charge in [-0.05, 0) is 12.1 Å². The number of carbonyl (C=O) groups is 1. The van der Waals surface area contributed by atoms with Gasteiger partial charge in [0.05, 0.1) is 0 Å². The highest BCUT2D eigenvalue weighted by molar-refractivity contribution is 5.81. The van der Waals surface area contributed by atoms with Crippen molar-refractivity contribution in [1.29, 1.82) is 0 Å². The summed E-state index contributed by atoms with van der Waals surface area (Å²) in [5.41, 5.74) is -0.722. The molecule has 0 amide bonds. The second-order valence-corrected chi connectivity index (χ2v) is 3.51. The highest BCUT2D eigenvalue weighted by Gasteiger charge is 2.67. The number of halogens is 5. The van der Waals surface area contributed by atoms with Crippen molar-refractivity contribution in [3.8, 4) is 0 Å². The number of rotatable bonds is 4. The van der Waals surface area contributed by atoms with Crippen molar-refractivity contribution in [2.45, 2.75) is 18.0 Å². The first-order valence-electron chi connectivity index (χ1n) is 4.58. The van der Waals surface area contributed by atoms with E-state index in [0.29, 0.717) is 12.1 Å². The second-order valence-electron chi connectivity index (χ2n) is 3.51. The Morgan fingerprint density at radius 1 is 1.28 bits per heavy atom. The van der Waals surface area contributed by atoms with Crippen LogP contribution in [0.1, 0.15) is 5.56 Å². The fraction of sp³-hybridized carbons (Fsp3) is 0.300. The van der Waals surface area contributed by atoms with Gasteiger partial charge in [0.2, 0.25) is 0 Å². The largest absolute Gasteiger partial charge is 0.478 e. The van der Waals surface area contributed by atoms with Gasteiger partial charge in [0, 0.05) is 11.3 Å². The molecule has 1 rings (SSSR count). The Bertz CT molecular complexity index is 465. The molecule has 0 spiro atoms.